The Kier molecular flexibility index (Phi) is 7.68. The maximum absolute atomic E-state index is 13.3. The zero-order valence-corrected chi connectivity index (χ0v) is 22.5. The second-order valence-electron chi connectivity index (χ2n) is 8.41. The van der Waals surface area contributed by atoms with Gasteiger partial charge in [0.25, 0.3) is 0 Å². The molecule has 1 atom stereocenters. The second kappa shape index (κ2) is 10.8. The smallest absolute Gasteiger partial charge is 0.243 e. The van der Waals surface area contributed by atoms with Gasteiger partial charge in [0.05, 0.1) is 37.6 Å². The Morgan fingerprint density at radius 1 is 1.08 bits per heavy atom. The molecule has 14 heteroatoms. The third-order valence-corrected chi connectivity index (χ3v) is 8.05. The first kappa shape index (κ1) is 26.4. The van der Waals surface area contributed by atoms with Crippen LogP contribution >= 0.6 is 11.3 Å². The highest BCUT2D eigenvalue weighted by atomic mass is 32.2. The largest absolute Gasteiger partial charge is 0.494 e. The molecule has 0 aliphatic rings. The van der Waals surface area contributed by atoms with E-state index in [0.29, 0.717) is 28.0 Å². The van der Waals surface area contributed by atoms with Crippen molar-refractivity contribution in [3.05, 3.63) is 53.3 Å². The summed E-state index contributed by atoms with van der Waals surface area (Å²) in [5.41, 5.74) is 1.28. The van der Waals surface area contributed by atoms with Gasteiger partial charge in [0, 0.05) is 11.8 Å². The molecule has 0 saturated carbocycles. The van der Waals surface area contributed by atoms with E-state index in [1.54, 1.807) is 18.2 Å². The summed E-state index contributed by atoms with van der Waals surface area (Å²) in [5.74, 6) is 0.833. The van der Waals surface area contributed by atoms with Crippen LogP contribution in [0.25, 0.3) is 16.5 Å². The number of hydrogen-bond acceptors (Lipinski definition) is 10. The van der Waals surface area contributed by atoms with Crippen LogP contribution in [-0.4, -0.2) is 57.6 Å². The van der Waals surface area contributed by atoms with Gasteiger partial charge >= 0.3 is 0 Å². The lowest BCUT2D eigenvalue weighted by atomic mass is 10.2. The predicted molar refractivity (Wildman–Crippen MR) is 137 cm³/mol. The number of anilines is 1. The number of methoxy groups -OCH3 is 2. The molecule has 37 heavy (non-hydrogen) atoms. The Morgan fingerprint density at radius 3 is 2.30 bits per heavy atom. The Balaban J connectivity index is 1.80. The monoisotopic (exact) mass is 547 g/mol. The van der Waals surface area contributed by atoms with Crippen molar-refractivity contribution in [3.63, 3.8) is 0 Å². The molecule has 0 amide bonds. The van der Waals surface area contributed by atoms with E-state index in [0.717, 1.165) is 18.1 Å². The Hall–Kier alpha value is -3.65. The maximum Gasteiger partial charge on any atom is 0.243 e. The van der Waals surface area contributed by atoms with Crippen molar-refractivity contribution in [2.75, 3.05) is 18.9 Å². The third-order valence-electron chi connectivity index (χ3n) is 5.50. The number of aromatic nitrogens is 6. The number of rotatable bonds is 10. The number of nitrogens with zero attached hydrogens (tertiary/aromatic N) is 6. The molecule has 0 fully saturated rings. The zero-order valence-electron chi connectivity index (χ0n) is 20.8. The van der Waals surface area contributed by atoms with Gasteiger partial charge in [0.2, 0.25) is 16.0 Å². The third kappa shape index (κ3) is 5.54. The molecule has 4 aromatic rings. The highest BCUT2D eigenvalue weighted by Gasteiger charge is 2.29. The quantitative estimate of drug-likeness (QED) is 0.314. The number of hydrogen-bond donors (Lipinski definition) is 1. The van der Waals surface area contributed by atoms with Crippen molar-refractivity contribution < 1.29 is 22.3 Å². The molecule has 0 aliphatic carbocycles. The van der Waals surface area contributed by atoms with Crippen LogP contribution in [0.3, 0.4) is 0 Å². The van der Waals surface area contributed by atoms with E-state index < -0.39 is 21.1 Å². The summed E-state index contributed by atoms with van der Waals surface area (Å²) in [4.78, 5) is 12.4. The molecular weight excluding hydrogens is 521 g/mol. The Labute approximate surface area is 217 Å². The van der Waals surface area contributed by atoms with Crippen LogP contribution in [0, 0.1) is 5.82 Å². The Morgan fingerprint density at radius 2 is 1.73 bits per heavy atom. The maximum atomic E-state index is 13.3. The number of para-hydroxylation sites is 1. The van der Waals surface area contributed by atoms with E-state index in [-0.39, 0.29) is 24.1 Å². The van der Waals surface area contributed by atoms with Gasteiger partial charge in [-0.15, -0.1) is 21.5 Å². The highest BCUT2D eigenvalue weighted by Crippen LogP contribution is 2.38. The van der Waals surface area contributed by atoms with Gasteiger partial charge in [0.1, 0.15) is 23.0 Å². The van der Waals surface area contributed by atoms with E-state index in [2.05, 4.69) is 29.9 Å². The lowest BCUT2D eigenvalue weighted by Crippen LogP contribution is -2.29. The normalized spacial score (nSPS) is 12.5. The molecule has 4 rings (SSSR count). The number of benzene rings is 1. The van der Waals surface area contributed by atoms with Crippen LogP contribution in [0.2, 0.25) is 0 Å². The van der Waals surface area contributed by atoms with Gasteiger partial charge in [0.15, 0.2) is 16.6 Å². The van der Waals surface area contributed by atoms with Crippen molar-refractivity contribution >= 4 is 27.3 Å². The topological polar surface area (TPSA) is 134 Å². The standard InChI is InChI=1S/C23H26FN7O4S2/c1-13(2)16-12-36-22(27-16)21-28-29-23(31(21)20-17(34-4)7-6-8-18(20)35-5)30-37(32,33)14(3)9-19-25-10-15(24)11-26-19/h6-8,10-14H,9H2,1-5H3,(H,29,30). The van der Waals surface area contributed by atoms with Crippen LogP contribution in [-0.2, 0) is 16.4 Å². The molecule has 1 N–H and O–H groups in total. The average Bonchev–Trinajstić information content (AvgIpc) is 3.52. The van der Waals surface area contributed by atoms with Crippen LogP contribution in [0.15, 0.2) is 36.0 Å². The fourth-order valence-electron chi connectivity index (χ4n) is 3.45. The van der Waals surface area contributed by atoms with Crippen molar-refractivity contribution in [2.24, 2.45) is 0 Å². The van der Waals surface area contributed by atoms with Gasteiger partial charge < -0.3 is 9.47 Å². The van der Waals surface area contributed by atoms with Gasteiger partial charge in [-0.1, -0.05) is 19.9 Å². The van der Waals surface area contributed by atoms with Crippen molar-refractivity contribution in [1.82, 2.24) is 29.7 Å². The molecule has 0 bridgehead atoms. The lowest BCUT2D eigenvalue weighted by molar-refractivity contribution is 0.391. The van der Waals surface area contributed by atoms with Crippen molar-refractivity contribution in [2.45, 2.75) is 38.4 Å². The minimum Gasteiger partial charge on any atom is -0.494 e. The Bertz CT molecular complexity index is 1470. The molecule has 3 aromatic heterocycles. The number of nitrogens with one attached hydrogen (secondary N) is 1. The zero-order chi connectivity index (χ0) is 26.7. The van der Waals surface area contributed by atoms with Crippen molar-refractivity contribution in [3.8, 4) is 28.0 Å². The van der Waals surface area contributed by atoms with Crippen LogP contribution in [0.4, 0.5) is 10.3 Å². The molecule has 0 aliphatic heterocycles. The van der Waals surface area contributed by atoms with E-state index >= 15 is 0 Å². The molecule has 1 aromatic carbocycles. The number of ether oxygens (including phenoxy) is 2. The molecule has 1 unspecified atom stereocenters. The first-order chi connectivity index (χ1) is 17.6. The fourth-order valence-corrected chi connectivity index (χ4v) is 5.36. The van der Waals surface area contributed by atoms with E-state index in [9.17, 15) is 12.8 Å². The first-order valence-electron chi connectivity index (χ1n) is 11.2. The average molecular weight is 548 g/mol. The van der Waals surface area contributed by atoms with Gasteiger partial charge in [-0.05, 0) is 25.0 Å². The summed E-state index contributed by atoms with van der Waals surface area (Å²) >= 11 is 1.37. The molecule has 0 radical (unpaired) electrons. The molecule has 196 valence electrons. The van der Waals surface area contributed by atoms with E-state index in [1.165, 1.54) is 37.0 Å². The molecule has 11 nitrogen and oxygen atoms in total. The summed E-state index contributed by atoms with van der Waals surface area (Å²) < 4.78 is 55.0. The summed E-state index contributed by atoms with van der Waals surface area (Å²) in [6.07, 6.45) is 1.94. The van der Waals surface area contributed by atoms with Gasteiger partial charge in [-0.3, -0.25) is 9.29 Å². The predicted octanol–water partition coefficient (Wildman–Crippen LogP) is 3.83. The molecule has 3 heterocycles. The minimum atomic E-state index is -4.01. The van der Waals surface area contributed by atoms with E-state index in [4.69, 9.17) is 9.47 Å². The summed E-state index contributed by atoms with van der Waals surface area (Å²) in [6, 6.07) is 5.19. The van der Waals surface area contributed by atoms with Gasteiger partial charge in [-0.2, -0.15) is 0 Å². The van der Waals surface area contributed by atoms with Gasteiger partial charge in [-0.25, -0.2) is 27.8 Å². The SMILES string of the molecule is COc1cccc(OC)c1-n1c(NS(=O)(=O)C(C)Cc2ncc(F)cn2)nnc1-c1nc(C(C)C)cs1. The number of thiazole rings is 1. The first-order valence-corrected chi connectivity index (χ1v) is 13.7. The molecule has 0 spiro atoms. The van der Waals surface area contributed by atoms with Crippen LogP contribution < -0.4 is 14.2 Å². The number of sulfonamides is 1. The summed E-state index contributed by atoms with van der Waals surface area (Å²) in [7, 11) is -1.02. The highest BCUT2D eigenvalue weighted by molar-refractivity contribution is 7.93. The van der Waals surface area contributed by atoms with E-state index in [1.807, 2.05) is 19.2 Å². The lowest BCUT2D eigenvalue weighted by Gasteiger charge is -2.18. The van der Waals surface area contributed by atoms with Crippen LogP contribution in [0.1, 0.15) is 38.2 Å². The van der Waals surface area contributed by atoms with Crippen LogP contribution in [0.5, 0.6) is 11.5 Å². The van der Waals surface area contributed by atoms with Crippen molar-refractivity contribution in [1.29, 1.82) is 0 Å². The molecular formula is C23H26FN7O4S2. The number of halogens is 1. The molecule has 0 saturated heterocycles. The summed E-state index contributed by atoms with van der Waals surface area (Å²) in [5, 5.41) is 9.93. The fraction of sp³-hybridized carbons (Fsp3) is 0.348. The minimum absolute atomic E-state index is 0.0428. The summed E-state index contributed by atoms with van der Waals surface area (Å²) in [6.45, 7) is 5.55. The second-order valence-corrected chi connectivity index (χ2v) is 11.4.